The molecule has 0 aromatic carbocycles. The first kappa shape index (κ1) is 13.7. The Balaban J connectivity index is 0.000000213. The molecule has 2 rings (SSSR count). The van der Waals surface area contributed by atoms with Crippen LogP contribution in [0.15, 0.2) is 12.2 Å². The summed E-state index contributed by atoms with van der Waals surface area (Å²) in [4.78, 5) is 0. The topological polar surface area (TPSA) is 0 Å². The zero-order chi connectivity index (χ0) is 10.8. The van der Waals surface area contributed by atoms with Crippen molar-refractivity contribution in [3.05, 3.63) is 12.2 Å². The molecule has 0 N–H and O–H groups in total. The molecule has 0 heteroatoms. The van der Waals surface area contributed by atoms with Crippen molar-refractivity contribution in [2.24, 2.45) is 5.92 Å². The Morgan fingerprint density at radius 3 is 1.57 bits per heavy atom. The normalized spacial score (nSPS) is 24.8. The molecule has 0 bridgehead atoms. The van der Waals surface area contributed by atoms with Gasteiger partial charge in [0, 0.05) is 0 Å². The van der Waals surface area contributed by atoms with E-state index in [1.165, 1.54) is 56.9 Å². The van der Waals surface area contributed by atoms with Crippen LogP contribution < -0.4 is 0 Å². The second kappa shape index (κ2) is 9.30. The van der Waals surface area contributed by atoms with Crippen molar-refractivity contribution in [1.82, 2.24) is 0 Å². The Morgan fingerprint density at radius 2 is 1.43 bits per heavy atom. The third-order valence-electron chi connectivity index (χ3n) is 2.88. The monoisotopic (exact) mass is 196 g/mol. The van der Waals surface area contributed by atoms with Gasteiger partial charge in [0.05, 0.1) is 0 Å². The second-order valence-corrected chi connectivity index (χ2v) is 4.37. The summed E-state index contributed by atoms with van der Waals surface area (Å²) in [5, 5.41) is 0. The SMILES string of the molecule is C1CCCC1.C=C1CCC(C)C1.CC. The van der Waals surface area contributed by atoms with Crippen molar-refractivity contribution < 1.29 is 0 Å². The standard InChI is InChI=1S/C7H12.C5H10.C2H6/c1-6-3-4-7(2)5-6;1-2-4-5-3-1;1-2/h7H,1,3-5H2,2H3;1-5H2;1-2H3. The number of hydrogen-bond acceptors (Lipinski definition) is 0. The second-order valence-electron chi connectivity index (χ2n) is 4.37. The maximum absolute atomic E-state index is 3.90. The molecule has 0 aliphatic heterocycles. The Morgan fingerprint density at radius 1 is 1.00 bits per heavy atom. The van der Waals surface area contributed by atoms with Crippen LogP contribution in [0.1, 0.15) is 72.1 Å². The maximum Gasteiger partial charge on any atom is -0.0297 e. The minimum absolute atomic E-state index is 0.924. The summed E-state index contributed by atoms with van der Waals surface area (Å²) in [6, 6.07) is 0. The highest BCUT2D eigenvalue weighted by atomic mass is 14.2. The Labute approximate surface area is 90.8 Å². The van der Waals surface area contributed by atoms with Crippen LogP contribution in [0, 0.1) is 5.92 Å². The molecule has 2 aliphatic carbocycles. The summed E-state index contributed by atoms with van der Waals surface area (Å²) in [6.45, 7) is 10.2. The van der Waals surface area contributed by atoms with Gasteiger partial charge in [-0.25, -0.2) is 0 Å². The maximum atomic E-state index is 3.90. The highest BCUT2D eigenvalue weighted by Crippen LogP contribution is 2.27. The fourth-order valence-electron chi connectivity index (χ4n) is 2.03. The van der Waals surface area contributed by atoms with Gasteiger partial charge in [-0.15, -0.1) is 0 Å². The third-order valence-corrected chi connectivity index (χ3v) is 2.88. The van der Waals surface area contributed by atoms with Gasteiger partial charge in [0.2, 0.25) is 0 Å². The van der Waals surface area contributed by atoms with E-state index in [4.69, 9.17) is 0 Å². The van der Waals surface area contributed by atoms with Crippen molar-refractivity contribution in [2.45, 2.75) is 72.1 Å². The van der Waals surface area contributed by atoms with Gasteiger partial charge in [-0.3, -0.25) is 0 Å². The van der Waals surface area contributed by atoms with E-state index in [0.717, 1.165) is 5.92 Å². The van der Waals surface area contributed by atoms with Crippen LogP contribution in [0.3, 0.4) is 0 Å². The summed E-state index contributed by atoms with van der Waals surface area (Å²) in [5.74, 6) is 0.924. The third kappa shape index (κ3) is 7.17. The fourth-order valence-corrected chi connectivity index (χ4v) is 2.03. The van der Waals surface area contributed by atoms with E-state index in [0.29, 0.717) is 0 Å². The van der Waals surface area contributed by atoms with Gasteiger partial charge >= 0.3 is 0 Å². The molecule has 0 aromatic heterocycles. The van der Waals surface area contributed by atoms with Crippen molar-refractivity contribution in [3.8, 4) is 0 Å². The minimum atomic E-state index is 0.924. The van der Waals surface area contributed by atoms with Gasteiger partial charge in [0.15, 0.2) is 0 Å². The molecule has 84 valence electrons. The molecule has 0 heterocycles. The Bertz CT molecular complexity index is 123. The van der Waals surface area contributed by atoms with E-state index in [1.54, 1.807) is 0 Å². The lowest BCUT2D eigenvalue weighted by molar-refractivity contribution is 0.620. The predicted molar refractivity (Wildman–Crippen MR) is 66.6 cm³/mol. The van der Waals surface area contributed by atoms with E-state index in [1.807, 2.05) is 13.8 Å². The van der Waals surface area contributed by atoms with E-state index in [2.05, 4.69) is 13.5 Å². The van der Waals surface area contributed by atoms with Gasteiger partial charge in [0.25, 0.3) is 0 Å². The molecule has 1 unspecified atom stereocenters. The summed E-state index contributed by atoms with van der Waals surface area (Å²) >= 11 is 0. The Hall–Kier alpha value is -0.260. The lowest BCUT2D eigenvalue weighted by atomic mass is 10.1. The van der Waals surface area contributed by atoms with Crippen molar-refractivity contribution in [1.29, 1.82) is 0 Å². The first-order valence-corrected chi connectivity index (χ1v) is 6.45. The van der Waals surface area contributed by atoms with Crippen LogP contribution >= 0.6 is 0 Å². The minimum Gasteiger partial charge on any atom is -0.0999 e. The first-order chi connectivity index (χ1) is 6.79. The molecule has 2 aliphatic rings. The lowest BCUT2D eigenvalue weighted by Crippen LogP contribution is -1.79. The summed E-state index contributed by atoms with van der Waals surface area (Å²) in [6.07, 6.45) is 11.4. The molecular formula is C14H28. The summed E-state index contributed by atoms with van der Waals surface area (Å²) < 4.78 is 0. The van der Waals surface area contributed by atoms with Gasteiger partial charge in [-0.05, 0) is 25.2 Å². The fraction of sp³-hybridized carbons (Fsp3) is 0.857. The summed E-state index contributed by atoms with van der Waals surface area (Å²) in [5.41, 5.74) is 1.45. The van der Waals surface area contributed by atoms with Gasteiger partial charge in [-0.2, -0.15) is 0 Å². The molecule has 14 heavy (non-hydrogen) atoms. The van der Waals surface area contributed by atoms with Crippen LogP contribution in [-0.4, -0.2) is 0 Å². The smallest absolute Gasteiger partial charge is 0.0297 e. The molecule has 1 atom stereocenters. The number of allylic oxidation sites excluding steroid dienone is 1. The van der Waals surface area contributed by atoms with Gasteiger partial charge in [0.1, 0.15) is 0 Å². The quantitative estimate of drug-likeness (QED) is 0.459. The van der Waals surface area contributed by atoms with Gasteiger partial charge in [-0.1, -0.05) is 65.0 Å². The molecule has 0 nitrogen and oxygen atoms in total. The van der Waals surface area contributed by atoms with E-state index >= 15 is 0 Å². The highest BCUT2D eigenvalue weighted by Gasteiger charge is 2.11. The Kier molecular flexibility index (Phi) is 9.13. The van der Waals surface area contributed by atoms with E-state index in [-0.39, 0.29) is 0 Å². The van der Waals surface area contributed by atoms with Crippen molar-refractivity contribution in [2.75, 3.05) is 0 Å². The van der Waals surface area contributed by atoms with Crippen LogP contribution in [0.25, 0.3) is 0 Å². The predicted octanol–water partition coefficient (Wildman–Crippen LogP) is 5.34. The molecule has 0 spiro atoms. The molecule has 0 radical (unpaired) electrons. The number of rotatable bonds is 0. The molecule has 2 fully saturated rings. The largest absolute Gasteiger partial charge is 0.0999 e. The molecule has 0 amide bonds. The van der Waals surface area contributed by atoms with Crippen LogP contribution in [0.2, 0.25) is 0 Å². The molecular weight excluding hydrogens is 168 g/mol. The van der Waals surface area contributed by atoms with Crippen LogP contribution in [-0.2, 0) is 0 Å². The average molecular weight is 196 g/mol. The lowest BCUT2D eigenvalue weighted by Gasteiger charge is -1.92. The van der Waals surface area contributed by atoms with Gasteiger partial charge < -0.3 is 0 Å². The molecule has 0 aromatic rings. The number of hydrogen-bond donors (Lipinski definition) is 0. The first-order valence-electron chi connectivity index (χ1n) is 6.45. The molecule has 0 saturated heterocycles. The summed E-state index contributed by atoms with van der Waals surface area (Å²) in [7, 11) is 0. The zero-order valence-electron chi connectivity index (χ0n) is 10.4. The van der Waals surface area contributed by atoms with Crippen molar-refractivity contribution >= 4 is 0 Å². The van der Waals surface area contributed by atoms with E-state index < -0.39 is 0 Å². The van der Waals surface area contributed by atoms with Crippen LogP contribution in [0.5, 0.6) is 0 Å². The zero-order valence-corrected chi connectivity index (χ0v) is 10.4. The van der Waals surface area contributed by atoms with E-state index in [9.17, 15) is 0 Å². The molecule has 2 saturated carbocycles. The highest BCUT2D eigenvalue weighted by molar-refractivity contribution is 5.00. The van der Waals surface area contributed by atoms with Crippen LogP contribution in [0.4, 0.5) is 0 Å². The van der Waals surface area contributed by atoms with Crippen molar-refractivity contribution in [3.63, 3.8) is 0 Å². The average Bonchev–Trinajstić information content (AvgIpc) is 2.84.